The van der Waals surface area contributed by atoms with Gasteiger partial charge in [-0.3, -0.25) is 14.9 Å². The van der Waals surface area contributed by atoms with Crippen molar-refractivity contribution in [2.45, 2.75) is 12.5 Å². The molecule has 0 heterocycles. The third kappa shape index (κ3) is 9.48. The first kappa shape index (κ1) is 26.7. The van der Waals surface area contributed by atoms with Crippen LogP contribution in [0.4, 0.5) is 11.4 Å². The van der Waals surface area contributed by atoms with Crippen LogP contribution in [-0.2, 0) is 9.59 Å². The van der Waals surface area contributed by atoms with Gasteiger partial charge >= 0.3 is 11.9 Å². The van der Waals surface area contributed by atoms with E-state index in [4.69, 9.17) is 21.8 Å². The molecule has 9 nitrogen and oxygen atoms in total. The van der Waals surface area contributed by atoms with Crippen LogP contribution in [0.15, 0.2) is 91.0 Å². The number of carbonyl (C=O) groups excluding carboxylic acids is 1. The highest BCUT2D eigenvalue weighted by Gasteiger charge is 2.18. The summed E-state index contributed by atoms with van der Waals surface area (Å²) in [7, 11) is 0. The first-order chi connectivity index (χ1) is 16.7. The summed E-state index contributed by atoms with van der Waals surface area (Å²) in [5.74, 6) is -2.53. The Kier molecular flexibility index (Phi) is 10.1. The maximum absolute atomic E-state index is 12.7. The fourth-order valence-corrected chi connectivity index (χ4v) is 3.03. The van der Waals surface area contributed by atoms with Crippen LogP contribution in [0.25, 0.3) is 0 Å². The number of anilines is 1. The SMILES string of the molecule is O=C(CC(Nc1ccc([N+](=O)[O-])cc1)c1ccccc1)c1ccc(Cl)cc1.O=C(O)/C=C\C(=O)O. The highest BCUT2D eigenvalue weighted by Crippen LogP contribution is 2.26. The lowest BCUT2D eigenvalue weighted by Gasteiger charge is -2.20. The Morgan fingerprint density at radius 3 is 1.91 bits per heavy atom. The van der Waals surface area contributed by atoms with Crippen LogP contribution in [-0.4, -0.2) is 32.9 Å². The lowest BCUT2D eigenvalue weighted by atomic mass is 9.97. The van der Waals surface area contributed by atoms with E-state index in [1.54, 1.807) is 36.4 Å². The van der Waals surface area contributed by atoms with Gasteiger partial charge in [0.1, 0.15) is 0 Å². The summed E-state index contributed by atoms with van der Waals surface area (Å²) in [4.78, 5) is 42.2. The van der Waals surface area contributed by atoms with Crippen LogP contribution in [0.2, 0.25) is 5.02 Å². The molecular weight excluding hydrogens is 476 g/mol. The van der Waals surface area contributed by atoms with E-state index in [0.29, 0.717) is 28.4 Å². The van der Waals surface area contributed by atoms with Gasteiger partial charge in [0.05, 0.1) is 11.0 Å². The number of hydrogen-bond acceptors (Lipinski definition) is 6. The first-order valence-corrected chi connectivity index (χ1v) is 10.5. The molecular formula is C25H21ClN2O7. The number of benzene rings is 3. The maximum Gasteiger partial charge on any atom is 0.328 e. The Morgan fingerprint density at radius 2 is 1.43 bits per heavy atom. The number of nitrogens with zero attached hydrogens (tertiary/aromatic N) is 1. The molecule has 0 aliphatic rings. The normalized spacial score (nSPS) is 11.1. The van der Waals surface area contributed by atoms with Crippen molar-refractivity contribution in [2.75, 3.05) is 5.32 Å². The molecule has 0 saturated heterocycles. The number of aliphatic carboxylic acids is 2. The smallest absolute Gasteiger partial charge is 0.328 e. The predicted molar refractivity (Wildman–Crippen MR) is 131 cm³/mol. The molecule has 0 saturated carbocycles. The van der Waals surface area contributed by atoms with Crippen molar-refractivity contribution in [3.05, 3.63) is 117 Å². The molecule has 3 aromatic carbocycles. The summed E-state index contributed by atoms with van der Waals surface area (Å²) in [5, 5.41) is 30.3. The van der Waals surface area contributed by atoms with E-state index in [1.807, 2.05) is 30.3 Å². The molecule has 3 aromatic rings. The van der Waals surface area contributed by atoms with Crippen molar-refractivity contribution < 1.29 is 29.5 Å². The third-order valence-corrected chi connectivity index (χ3v) is 4.80. The molecule has 0 bridgehead atoms. The minimum absolute atomic E-state index is 0.0186. The zero-order valence-electron chi connectivity index (χ0n) is 18.2. The number of carboxylic acids is 2. The molecule has 3 rings (SSSR count). The average Bonchev–Trinajstić information content (AvgIpc) is 2.84. The van der Waals surface area contributed by atoms with Crippen LogP contribution in [0.5, 0.6) is 0 Å². The molecule has 180 valence electrons. The summed E-state index contributed by atoms with van der Waals surface area (Å²) in [6.07, 6.45) is 1.35. The number of carboxylic acid groups (broad SMARTS) is 2. The molecule has 0 aliphatic carbocycles. The molecule has 0 spiro atoms. The van der Waals surface area contributed by atoms with E-state index in [2.05, 4.69) is 5.32 Å². The van der Waals surface area contributed by atoms with Gasteiger partial charge in [-0.25, -0.2) is 9.59 Å². The van der Waals surface area contributed by atoms with Gasteiger partial charge in [-0.05, 0) is 42.0 Å². The van der Waals surface area contributed by atoms with Gasteiger partial charge in [0.15, 0.2) is 5.78 Å². The highest BCUT2D eigenvalue weighted by molar-refractivity contribution is 6.30. The van der Waals surface area contributed by atoms with E-state index in [1.165, 1.54) is 12.1 Å². The van der Waals surface area contributed by atoms with Crippen molar-refractivity contribution in [1.29, 1.82) is 0 Å². The lowest BCUT2D eigenvalue weighted by molar-refractivity contribution is -0.384. The number of hydrogen-bond donors (Lipinski definition) is 3. The van der Waals surface area contributed by atoms with Crippen molar-refractivity contribution in [3.8, 4) is 0 Å². The van der Waals surface area contributed by atoms with Crippen LogP contribution in [0.1, 0.15) is 28.4 Å². The molecule has 0 amide bonds. The summed E-state index contributed by atoms with van der Waals surface area (Å²) in [6, 6.07) is 22.3. The number of non-ortho nitro benzene ring substituents is 1. The fraction of sp³-hybridized carbons (Fsp3) is 0.0800. The molecule has 10 heteroatoms. The minimum Gasteiger partial charge on any atom is -0.478 e. The number of nitro groups is 1. The van der Waals surface area contributed by atoms with Gasteiger partial charge < -0.3 is 15.5 Å². The van der Waals surface area contributed by atoms with Gasteiger partial charge in [0.25, 0.3) is 5.69 Å². The maximum atomic E-state index is 12.7. The van der Waals surface area contributed by atoms with Crippen molar-refractivity contribution in [1.82, 2.24) is 0 Å². The second-order valence-electron chi connectivity index (χ2n) is 7.06. The van der Waals surface area contributed by atoms with Gasteiger partial charge in [-0.2, -0.15) is 0 Å². The van der Waals surface area contributed by atoms with E-state index >= 15 is 0 Å². The average molecular weight is 497 g/mol. The lowest BCUT2D eigenvalue weighted by Crippen LogP contribution is -2.15. The molecule has 0 fully saturated rings. The molecule has 0 radical (unpaired) electrons. The fourth-order valence-electron chi connectivity index (χ4n) is 2.90. The van der Waals surface area contributed by atoms with Crippen molar-refractivity contribution in [2.24, 2.45) is 0 Å². The Bertz CT molecular complexity index is 1180. The van der Waals surface area contributed by atoms with Crippen LogP contribution in [0, 0.1) is 10.1 Å². The topological polar surface area (TPSA) is 147 Å². The van der Waals surface area contributed by atoms with Gasteiger partial charge in [0, 0.05) is 47.0 Å². The molecule has 35 heavy (non-hydrogen) atoms. The Morgan fingerprint density at radius 1 is 0.886 bits per heavy atom. The van der Waals surface area contributed by atoms with Crippen LogP contribution >= 0.6 is 11.6 Å². The van der Waals surface area contributed by atoms with E-state index in [0.717, 1.165) is 5.56 Å². The van der Waals surface area contributed by atoms with Crippen molar-refractivity contribution >= 4 is 40.7 Å². The molecule has 1 unspecified atom stereocenters. The standard InChI is InChI=1S/C21H17ClN2O3.C4H4O4/c22-17-8-6-16(7-9-17)21(25)14-20(15-4-2-1-3-5-15)23-18-10-12-19(13-11-18)24(26)27;5-3(6)1-2-4(7)8/h1-13,20,23H,14H2;1-2H,(H,5,6)(H,7,8)/b;2-1-. The number of nitrogens with one attached hydrogen (secondary N) is 1. The highest BCUT2D eigenvalue weighted by atomic mass is 35.5. The Hall–Kier alpha value is -4.50. The quantitative estimate of drug-likeness (QED) is 0.155. The number of halogens is 1. The largest absolute Gasteiger partial charge is 0.478 e. The van der Waals surface area contributed by atoms with Gasteiger partial charge in [-0.1, -0.05) is 41.9 Å². The number of rotatable bonds is 9. The second kappa shape index (κ2) is 13.3. The third-order valence-electron chi connectivity index (χ3n) is 4.55. The first-order valence-electron chi connectivity index (χ1n) is 10.1. The molecule has 3 N–H and O–H groups in total. The summed E-state index contributed by atoms with van der Waals surface area (Å²) in [5.41, 5.74) is 2.27. The minimum atomic E-state index is -1.26. The molecule has 0 aromatic heterocycles. The zero-order valence-corrected chi connectivity index (χ0v) is 19.0. The zero-order chi connectivity index (χ0) is 25.8. The number of Topliss-reactive ketones (excluding diaryl/α,β-unsaturated/α-hetero) is 1. The molecule has 0 aliphatic heterocycles. The molecule has 1 atom stereocenters. The van der Waals surface area contributed by atoms with E-state index in [9.17, 15) is 24.5 Å². The Labute approximate surface area is 205 Å². The number of carbonyl (C=O) groups is 3. The van der Waals surface area contributed by atoms with Crippen LogP contribution in [0.3, 0.4) is 0 Å². The second-order valence-corrected chi connectivity index (χ2v) is 7.49. The van der Waals surface area contributed by atoms with Crippen LogP contribution < -0.4 is 5.32 Å². The summed E-state index contributed by atoms with van der Waals surface area (Å²) in [6.45, 7) is 0. The predicted octanol–water partition coefficient (Wildman–Crippen LogP) is 5.39. The van der Waals surface area contributed by atoms with Gasteiger partial charge in [-0.15, -0.1) is 0 Å². The number of ketones is 1. The van der Waals surface area contributed by atoms with E-state index in [-0.39, 0.29) is 23.9 Å². The monoisotopic (exact) mass is 496 g/mol. The van der Waals surface area contributed by atoms with E-state index < -0.39 is 16.9 Å². The van der Waals surface area contributed by atoms with Crippen molar-refractivity contribution in [3.63, 3.8) is 0 Å². The number of nitro benzene ring substituents is 1. The Balaban J connectivity index is 0.000000466. The summed E-state index contributed by atoms with van der Waals surface area (Å²) < 4.78 is 0. The summed E-state index contributed by atoms with van der Waals surface area (Å²) >= 11 is 5.89. The van der Waals surface area contributed by atoms with Gasteiger partial charge in [0.2, 0.25) is 0 Å².